The molecule has 1 aliphatic rings. The van der Waals surface area contributed by atoms with Gasteiger partial charge in [-0.25, -0.2) is 9.72 Å². The van der Waals surface area contributed by atoms with Crippen LogP contribution in [0.25, 0.3) is 0 Å². The molecule has 0 bridgehead atoms. The van der Waals surface area contributed by atoms with Crippen LogP contribution in [0.5, 0.6) is 5.75 Å². The van der Waals surface area contributed by atoms with Gasteiger partial charge in [0.1, 0.15) is 25.2 Å². The molecule has 10 heteroatoms. The number of nitrogens with zero attached hydrogens (tertiary/aromatic N) is 4. The van der Waals surface area contributed by atoms with Gasteiger partial charge in [0.25, 0.3) is 0 Å². The van der Waals surface area contributed by atoms with Crippen LogP contribution in [0.3, 0.4) is 0 Å². The molecule has 0 saturated carbocycles. The zero-order valence-electron chi connectivity index (χ0n) is 16.4. The second-order valence-corrected chi connectivity index (χ2v) is 7.36. The fraction of sp³-hybridized carbons (Fsp3) is 0.400. The Morgan fingerprint density at radius 2 is 1.97 bits per heavy atom. The van der Waals surface area contributed by atoms with Crippen molar-refractivity contribution in [3.05, 3.63) is 57.9 Å². The molecular weight excluding hydrogens is 421 g/mol. The van der Waals surface area contributed by atoms with Crippen LogP contribution in [-0.2, 0) is 6.18 Å². The van der Waals surface area contributed by atoms with Gasteiger partial charge in [-0.15, -0.1) is 0 Å². The lowest BCUT2D eigenvalue weighted by Crippen LogP contribution is -2.47. The van der Waals surface area contributed by atoms with Crippen LogP contribution in [0.2, 0.25) is 5.02 Å². The molecular formula is C20H22ClF3N4O2. The minimum atomic E-state index is -4.46. The Morgan fingerprint density at radius 3 is 2.60 bits per heavy atom. The molecule has 2 aromatic rings. The highest BCUT2D eigenvalue weighted by molar-refractivity contribution is 6.33. The Kier molecular flexibility index (Phi) is 7.04. The van der Waals surface area contributed by atoms with Gasteiger partial charge in [-0.05, 0) is 24.3 Å². The minimum Gasteiger partial charge on any atom is -0.624 e. The molecule has 3 rings (SSSR count). The van der Waals surface area contributed by atoms with E-state index < -0.39 is 11.7 Å². The summed E-state index contributed by atoms with van der Waals surface area (Å²) >= 11 is 6.04. The van der Waals surface area contributed by atoms with Crippen molar-refractivity contribution >= 4 is 23.6 Å². The normalized spacial score (nSPS) is 16.0. The molecule has 0 unspecified atom stereocenters. The zero-order chi connectivity index (χ0) is 21.7. The zero-order valence-corrected chi connectivity index (χ0v) is 17.2. The molecule has 1 fully saturated rings. The van der Waals surface area contributed by atoms with E-state index >= 15 is 0 Å². The van der Waals surface area contributed by atoms with Gasteiger partial charge in [0, 0.05) is 44.5 Å². The molecule has 2 heterocycles. The van der Waals surface area contributed by atoms with Crippen molar-refractivity contribution in [2.45, 2.75) is 6.18 Å². The van der Waals surface area contributed by atoms with Crippen molar-refractivity contribution in [1.82, 2.24) is 9.88 Å². The number of piperazine rings is 1. The largest absolute Gasteiger partial charge is 0.624 e. The molecule has 1 saturated heterocycles. The fourth-order valence-corrected chi connectivity index (χ4v) is 3.47. The Balaban J connectivity index is 1.48. The smallest absolute Gasteiger partial charge is 0.417 e. The van der Waals surface area contributed by atoms with E-state index in [1.54, 1.807) is 6.07 Å². The van der Waals surface area contributed by atoms with Crippen LogP contribution in [0.4, 0.5) is 19.0 Å². The van der Waals surface area contributed by atoms with E-state index in [1.165, 1.54) is 13.3 Å². The number of pyridine rings is 1. The summed E-state index contributed by atoms with van der Waals surface area (Å²) in [4.78, 5) is 8.02. The molecule has 6 nitrogen and oxygen atoms in total. The summed E-state index contributed by atoms with van der Waals surface area (Å²) in [5.41, 5.74) is -0.0878. The summed E-state index contributed by atoms with van der Waals surface area (Å²) in [5.74, 6) is 1.06. The quantitative estimate of drug-likeness (QED) is 0.296. The summed E-state index contributed by atoms with van der Waals surface area (Å²) in [6.07, 6.45) is -2.18. The molecule has 1 aliphatic heterocycles. The third-order valence-corrected chi connectivity index (χ3v) is 4.96. The van der Waals surface area contributed by atoms with Crippen molar-refractivity contribution in [1.29, 1.82) is 0 Å². The summed E-state index contributed by atoms with van der Waals surface area (Å²) in [6.45, 7) is 3.85. The van der Waals surface area contributed by atoms with E-state index in [-0.39, 0.29) is 5.02 Å². The predicted molar refractivity (Wildman–Crippen MR) is 110 cm³/mol. The maximum Gasteiger partial charge on any atom is 0.417 e. The van der Waals surface area contributed by atoms with E-state index in [4.69, 9.17) is 16.3 Å². The van der Waals surface area contributed by atoms with Gasteiger partial charge in [0.05, 0.1) is 10.6 Å². The Hall–Kier alpha value is -2.52. The Bertz CT molecular complexity index is 896. The number of hydrogen-bond donors (Lipinski definition) is 0. The van der Waals surface area contributed by atoms with Crippen LogP contribution in [0.15, 0.2) is 36.5 Å². The van der Waals surface area contributed by atoms with Crippen LogP contribution in [0, 0.1) is 5.21 Å². The topological polar surface area (TPSA) is 54.7 Å². The van der Waals surface area contributed by atoms with Gasteiger partial charge in [-0.3, -0.25) is 4.90 Å². The monoisotopic (exact) mass is 442 g/mol. The lowest BCUT2D eigenvalue weighted by Gasteiger charge is -2.35. The average molecular weight is 443 g/mol. The predicted octanol–water partition coefficient (Wildman–Crippen LogP) is 3.51. The number of rotatable bonds is 6. The van der Waals surface area contributed by atoms with Gasteiger partial charge in [-0.2, -0.15) is 13.2 Å². The van der Waals surface area contributed by atoms with Gasteiger partial charge < -0.3 is 14.8 Å². The molecule has 0 N–H and O–H groups in total. The third-order valence-electron chi connectivity index (χ3n) is 4.69. The molecule has 1 aromatic heterocycles. The molecule has 0 spiro atoms. The van der Waals surface area contributed by atoms with Crippen LogP contribution in [0.1, 0.15) is 11.1 Å². The molecule has 1 aromatic carbocycles. The third kappa shape index (κ3) is 5.99. The first-order valence-corrected chi connectivity index (χ1v) is 9.78. The summed E-state index contributed by atoms with van der Waals surface area (Å²) in [5, 5.41) is 11.1. The lowest BCUT2D eigenvalue weighted by atomic mass is 10.2. The van der Waals surface area contributed by atoms with Crippen molar-refractivity contribution in [2.24, 2.45) is 0 Å². The van der Waals surface area contributed by atoms with Gasteiger partial charge in [-0.1, -0.05) is 17.7 Å². The van der Waals surface area contributed by atoms with E-state index in [2.05, 4.69) is 9.88 Å². The number of benzene rings is 1. The highest BCUT2D eigenvalue weighted by atomic mass is 35.5. The van der Waals surface area contributed by atoms with Gasteiger partial charge in [0.15, 0.2) is 6.21 Å². The average Bonchev–Trinajstić information content (AvgIpc) is 2.68. The van der Waals surface area contributed by atoms with E-state index in [1.807, 2.05) is 23.1 Å². The highest BCUT2D eigenvalue weighted by Gasteiger charge is 2.32. The molecule has 162 valence electrons. The second kappa shape index (κ2) is 9.53. The summed E-state index contributed by atoms with van der Waals surface area (Å²) in [7, 11) is 1.42. The maximum absolute atomic E-state index is 12.8. The van der Waals surface area contributed by atoms with Crippen molar-refractivity contribution in [3.63, 3.8) is 0 Å². The minimum absolute atomic E-state index is 0.00187. The fourth-order valence-electron chi connectivity index (χ4n) is 3.19. The number of hydrogen-bond acceptors (Lipinski definition) is 5. The van der Waals surface area contributed by atoms with E-state index in [0.29, 0.717) is 37.8 Å². The number of hydroxylamine groups is 1. The van der Waals surface area contributed by atoms with E-state index in [0.717, 1.165) is 35.7 Å². The number of aromatic nitrogens is 1. The second-order valence-electron chi connectivity index (χ2n) is 6.95. The number of anilines is 1. The lowest BCUT2D eigenvalue weighted by molar-refractivity contribution is -0.416. The first-order chi connectivity index (χ1) is 14.2. The molecule has 0 aliphatic carbocycles. The summed E-state index contributed by atoms with van der Waals surface area (Å²) < 4.78 is 44.8. The Morgan fingerprint density at radius 1 is 1.23 bits per heavy atom. The van der Waals surface area contributed by atoms with Crippen molar-refractivity contribution in [2.75, 3.05) is 51.3 Å². The SMILES string of the molecule is C/[N+]([O-])=C\c1cccc(OCCN2CCN(c3ncc(C(F)(F)F)cc3Cl)CC2)c1. The van der Waals surface area contributed by atoms with Crippen LogP contribution >= 0.6 is 11.6 Å². The summed E-state index contributed by atoms with van der Waals surface area (Å²) in [6, 6.07) is 8.19. The van der Waals surface area contributed by atoms with Gasteiger partial charge in [0.2, 0.25) is 0 Å². The molecule has 0 radical (unpaired) electrons. The molecule has 0 amide bonds. The number of ether oxygens (including phenoxy) is 1. The highest BCUT2D eigenvalue weighted by Crippen LogP contribution is 2.33. The number of halogens is 4. The van der Waals surface area contributed by atoms with Crippen molar-refractivity contribution < 1.29 is 22.6 Å². The van der Waals surface area contributed by atoms with Crippen molar-refractivity contribution in [3.8, 4) is 5.75 Å². The number of alkyl halides is 3. The maximum atomic E-state index is 12.8. The Labute approximate surface area is 177 Å². The first kappa shape index (κ1) is 22.2. The standard InChI is InChI=1S/C20H22ClF3N4O2/c1-26(29)14-15-3-2-4-17(11-15)30-10-9-27-5-7-28(8-6-27)19-18(21)12-16(13-25-19)20(22,23)24/h2-4,11-14H,5-10H2,1H3/b26-14+. The first-order valence-electron chi connectivity index (χ1n) is 9.40. The van der Waals surface area contributed by atoms with E-state index in [9.17, 15) is 18.4 Å². The van der Waals surface area contributed by atoms with Crippen LogP contribution < -0.4 is 9.64 Å². The molecule has 30 heavy (non-hydrogen) atoms. The molecule has 0 atom stereocenters. The van der Waals surface area contributed by atoms with Crippen LogP contribution in [-0.4, -0.2) is 67.2 Å². The van der Waals surface area contributed by atoms with Gasteiger partial charge >= 0.3 is 6.18 Å².